The number of carbonyl (C=O) groups excluding carboxylic acids is 1. The Hall–Kier alpha value is -1.56. The predicted octanol–water partition coefficient (Wildman–Crippen LogP) is 3.29. The van der Waals surface area contributed by atoms with Gasteiger partial charge in [0.1, 0.15) is 11.6 Å². The molecule has 1 rings (SSSR count). The van der Waals surface area contributed by atoms with Crippen molar-refractivity contribution in [1.29, 1.82) is 0 Å². The van der Waals surface area contributed by atoms with E-state index in [0.29, 0.717) is 10.2 Å². The summed E-state index contributed by atoms with van der Waals surface area (Å²) in [5.41, 5.74) is 0.0845. The van der Waals surface area contributed by atoms with E-state index in [0.717, 1.165) is 0 Å². The molecule has 0 aliphatic heterocycles. The molecule has 110 valence electrons. The number of nitrogens with one attached hydrogen (secondary N) is 1. The van der Waals surface area contributed by atoms with Gasteiger partial charge in [0, 0.05) is 4.47 Å². The molecule has 0 fully saturated rings. The number of benzene rings is 1. The minimum absolute atomic E-state index is 0.288. The van der Waals surface area contributed by atoms with Gasteiger partial charge in [-0.3, -0.25) is 4.79 Å². The van der Waals surface area contributed by atoms with Gasteiger partial charge in [-0.15, -0.1) is 0 Å². The Morgan fingerprint density at radius 2 is 1.95 bits per heavy atom. The highest BCUT2D eigenvalue weighted by Crippen LogP contribution is 2.27. The fraction of sp³-hybridized carbons (Fsp3) is 0.429. The van der Waals surface area contributed by atoms with Crippen molar-refractivity contribution in [2.45, 2.75) is 39.3 Å². The topological polar surface area (TPSA) is 75.6 Å². The first-order valence-corrected chi connectivity index (χ1v) is 6.92. The molecule has 0 unspecified atom stereocenters. The number of anilines is 1. The third-order valence-electron chi connectivity index (χ3n) is 2.36. The van der Waals surface area contributed by atoms with Crippen LogP contribution in [0.1, 0.15) is 38.1 Å². The van der Waals surface area contributed by atoms with E-state index < -0.39 is 23.6 Å². The fourth-order valence-electron chi connectivity index (χ4n) is 1.48. The quantitative estimate of drug-likeness (QED) is 0.820. The number of hydrogen-bond donors (Lipinski definition) is 2. The van der Waals surface area contributed by atoms with Crippen molar-refractivity contribution in [2.24, 2.45) is 0 Å². The van der Waals surface area contributed by atoms with Gasteiger partial charge in [-0.25, -0.2) is 4.79 Å². The average molecular weight is 344 g/mol. The van der Waals surface area contributed by atoms with Gasteiger partial charge in [-0.2, -0.15) is 0 Å². The van der Waals surface area contributed by atoms with Crippen LogP contribution in [-0.4, -0.2) is 28.7 Å². The van der Waals surface area contributed by atoms with Crippen molar-refractivity contribution >= 4 is 33.6 Å². The second-order valence-corrected chi connectivity index (χ2v) is 6.22. The van der Waals surface area contributed by atoms with Crippen LogP contribution in [0.15, 0.2) is 22.7 Å². The van der Waals surface area contributed by atoms with Gasteiger partial charge in [0.25, 0.3) is 0 Å². The molecule has 0 bridgehead atoms. The van der Waals surface area contributed by atoms with Gasteiger partial charge < -0.3 is 15.2 Å². The highest BCUT2D eigenvalue weighted by Gasteiger charge is 2.24. The summed E-state index contributed by atoms with van der Waals surface area (Å²) in [4.78, 5) is 23.1. The molecule has 0 aliphatic carbocycles. The van der Waals surface area contributed by atoms with Gasteiger partial charge in [-0.05, 0) is 55.8 Å². The van der Waals surface area contributed by atoms with Gasteiger partial charge in [0.05, 0.1) is 11.3 Å². The smallest absolute Gasteiger partial charge is 0.341 e. The van der Waals surface area contributed by atoms with Crippen LogP contribution in [0.5, 0.6) is 0 Å². The summed E-state index contributed by atoms with van der Waals surface area (Å²) in [5.74, 6) is -1.51. The van der Waals surface area contributed by atoms with Crippen LogP contribution in [0.2, 0.25) is 0 Å². The molecule has 0 saturated carbocycles. The second-order valence-electron chi connectivity index (χ2n) is 5.37. The number of hydrogen-bond acceptors (Lipinski definition) is 4. The van der Waals surface area contributed by atoms with E-state index in [9.17, 15) is 9.59 Å². The molecular formula is C14H18BrNO4. The van der Waals surface area contributed by atoms with E-state index in [1.165, 1.54) is 6.92 Å². The first-order chi connectivity index (χ1) is 9.11. The van der Waals surface area contributed by atoms with Crippen LogP contribution >= 0.6 is 15.9 Å². The summed E-state index contributed by atoms with van der Waals surface area (Å²) >= 11 is 3.29. The van der Waals surface area contributed by atoms with E-state index in [-0.39, 0.29) is 5.56 Å². The zero-order valence-corrected chi connectivity index (χ0v) is 13.4. The Morgan fingerprint density at radius 3 is 2.45 bits per heavy atom. The Balaban J connectivity index is 3.11. The molecule has 0 spiro atoms. The molecular weight excluding hydrogens is 326 g/mol. The van der Waals surface area contributed by atoms with Crippen molar-refractivity contribution in [3.63, 3.8) is 0 Å². The van der Waals surface area contributed by atoms with E-state index in [1.54, 1.807) is 39.0 Å². The average Bonchev–Trinajstić information content (AvgIpc) is 2.26. The molecule has 0 radical (unpaired) electrons. The largest absolute Gasteiger partial charge is 0.480 e. The SMILES string of the molecule is C[C@H](Nc1cccc(Br)c1C(=O)OC(C)(C)C)C(=O)O. The summed E-state index contributed by atoms with van der Waals surface area (Å²) in [5, 5.41) is 11.7. The number of halogens is 1. The van der Waals surface area contributed by atoms with Crippen LogP contribution in [0.4, 0.5) is 5.69 Å². The molecule has 0 amide bonds. The summed E-state index contributed by atoms with van der Waals surface area (Å²) in [6.45, 7) is 6.82. The molecule has 0 aliphatic rings. The highest BCUT2D eigenvalue weighted by molar-refractivity contribution is 9.10. The van der Waals surface area contributed by atoms with Gasteiger partial charge >= 0.3 is 11.9 Å². The van der Waals surface area contributed by atoms with Crippen LogP contribution in [0, 0.1) is 0 Å². The monoisotopic (exact) mass is 343 g/mol. The molecule has 6 heteroatoms. The molecule has 0 saturated heterocycles. The number of ether oxygens (including phenoxy) is 1. The standard InChI is InChI=1S/C14H18BrNO4/c1-8(12(17)18)16-10-7-5-6-9(15)11(10)13(19)20-14(2,3)4/h5-8,16H,1-4H3,(H,17,18)/t8-/m0/s1. The lowest BCUT2D eigenvalue weighted by atomic mass is 10.1. The number of carbonyl (C=O) groups is 2. The molecule has 1 aromatic rings. The maximum Gasteiger partial charge on any atom is 0.341 e. The van der Waals surface area contributed by atoms with Crippen LogP contribution in [-0.2, 0) is 9.53 Å². The zero-order valence-electron chi connectivity index (χ0n) is 11.9. The molecule has 5 nitrogen and oxygen atoms in total. The number of carboxylic acids is 1. The summed E-state index contributed by atoms with van der Waals surface area (Å²) in [6.07, 6.45) is 0. The maximum absolute atomic E-state index is 12.2. The van der Waals surface area contributed by atoms with Crippen molar-refractivity contribution in [1.82, 2.24) is 0 Å². The summed E-state index contributed by atoms with van der Waals surface area (Å²) in [7, 11) is 0. The summed E-state index contributed by atoms with van der Waals surface area (Å²) < 4.78 is 5.88. The Kier molecular flexibility index (Phi) is 5.16. The molecule has 0 aromatic heterocycles. The van der Waals surface area contributed by atoms with Gasteiger partial charge in [0.2, 0.25) is 0 Å². The normalized spacial score (nSPS) is 12.7. The lowest BCUT2D eigenvalue weighted by Crippen LogP contribution is -2.28. The van der Waals surface area contributed by atoms with Crippen molar-refractivity contribution < 1.29 is 19.4 Å². The first kappa shape index (κ1) is 16.5. The molecule has 0 heterocycles. The second kappa shape index (κ2) is 6.26. The van der Waals surface area contributed by atoms with Crippen LogP contribution < -0.4 is 5.32 Å². The maximum atomic E-state index is 12.2. The Bertz CT molecular complexity index is 522. The molecule has 20 heavy (non-hydrogen) atoms. The minimum atomic E-state index is -1.000. The Morgan fingerprint density at radius 1 is 1.35 bits per heavy atom. The fourth-order valence-corrected chi connectivity index (χ4v) is 2.00. The van der Waals surface area contributed by atoms with Crippen LogP contribution in [0.25, 0.3) is 0 Å². The third-order valence-corrected chi connectivity index (χ3v) is 3.02. The zero-order chi connectivity index (χ0) is 15.5. The summed E-state index contributed by atoms with van der Waals surface area (Å²) in [6, 6.07) is 4.25. The van der Waals surface area contributed by atoms with Crippen molar-refractivity contribution in [3.8, 4) is 0 Å². The molecule has 2 N–H and O–H groups in total. The van der Waals surface area contributed by atoms with Gasteiger partial charge in [0.15, 0.2) is 0 Å². The van der Waals surface area contributed by atoms with E-state index >= 15 is 0 Å². The minimum Gasteiger partial charge on any atom is -0.480 e. The van der Waals surface area contributed by atoms with Crippen molar-refractivity contribution in [2.75, 3.05) is 5.32 Å². The number of rotatable bonds is 4. The van der Waals surface area contributed by atoms with E-state index in [4.69, 9.17) is 9.84 Å². The Labute approximate surface area is 126 Å². The highest BCUT2D eigenvalue weighted by atomic mass is 79.9. The van der Waals surface area contributed by atoms with E-state index in [2.05, 4.69) is 21.2 Å². The third kappa shape index (κ3) is 4.52. The number of aliphatic carboxylic acids is 1. The molecule has 1 atom stereocenters. The van der Waals surface area contributed by atoms with E-state index in [1.807, 2.05) is 0 Å². The molecule has 1 aromatic carbocycles. The van der Waals surface area contributed by atoms with Gasteiger partial charge in [-0.1, -0.05) is 6.07 Å². The first-order valence-electron chi connectivity index (χ1n) is 6.13. The lowest BCUT2D eigenvalue weighted by molar-refractivity contribution is -0.137. The van der Waals surface area contributed by atoms with Crippen LogP contribution in [0.3, 0.4) is 0 Å². The lowest BCUT2D eigenvalue weighted by Gasteiger charge is -2.22. The number of carboxylic acid groups (broad SMARTS) is 1. The number of esters is 1. The predicted molar refractivity (Wildman–Crippen MR) is 80.0 cm³/mol. The van der Waals surface area contributed by atoms with Crippen molar-refractivity contribution in [3.05, 3.63) is 28.2 Å².